The third kappa shape index (κ3) is 16.3. The molecule has 0 heterocycles. The molecule has 20 heavy (non-hydrogen) atoms. The van der Waals surface area contributed by atoms with Crippen LogP contribution in [0.1, 0.15) is 61.8 Å². The van der Waals surface area contributed by atoms with Crippen LogP contribution in [0.2, 0.25) is 0 Å². The third-order valence-corrected chi connectivity index (χ3v) is 6.50. The first-order valence-electron chi connectivity index (χ1n) is 7.16. The van der Waals surface area contributed by atoms with Crippen molar-refractivity contribution in [3.63, 3.8) is 0 Å². The Balaban J connectivity index is 0. The SMILES string of the molecule is CCC.CO[SiH](N[SiH](OC)OC(C)(C)C)OC(C)(C)C. The van der Waals surface area contributed by atoms with Crippen molar-refractivity contribution < 1.29 is 17.7 Å². The largest absolute Gasteiger partial charge is 0.404 e. The molecule has 0 amide bonds. The fourth-order valence-electron chi connectivity index (χ4n) is 1.05. The second-order valence-corrected chi connectivity index (χ2v) is 10.5. The average molecular weight is 326 g/mol. The Morgan fingerprint density at radius 3 is 1.15 bits per heavy atom. The van der Waals surface area contributed by atoms with Gasteiger partial charge in [-0.3, -0.25) is 4.65 Å². The second kappa shape index (κ2) is 10.9. The monoisotopic (exact) mass is 325 g/mol. The van der Waals surface area contributed by atoms with Gasteiger partial charge in [0, 0.05) is 14.2 Å². The molecule has 1 N–H and O–H groups in total. The maximum absolute atomic E-state index is 5.81. The number of hydrogen-bond acceptors (Lipinski definition) is 5. The molecular weight excluding hydrogens is 290 g/mol. The molecule has 2 unspecified atom stereocenters. The van der Waals surface area contributed by atoms with Crippen LogP contribution in [0.3, 0.4) is 0 Å². The summed E-state index contributed by atoms with van der Waals surface area (Å²) in [7, 11) is -0.589. The van der Waals surface area contributed by atoms with E-state index in [4.69, 9.17) is 17.7 Å². The molecular formula is C13H35NO4Si2. The molecule has 0 aliphatic heterocycles. The zero-order valence-corrected chi connectivity index (χ0v) is 17.3. The van der Waals surface area contributed by atoms with E-state index in [0.717, 1.165) is 0 Å². The third-order valence-electron chi connectivity index (χ3n) is 1.62. The van der Waals surface area contributed by atoms with E-state index in [2.05, 4.69) is 18.5 Å². The number of nitrogens with one attached hydrogen (secondary N) is 1. The molecule has 0 saturated carbocycles. The van der Waals surface area contributed by atoms with E-state index in [0.29, 0.717) is 0 Å². The average Bonchev–Trinajstić information content (AvgIpc) is 2.24. The van der Waals surface area contributed by atoms with E-state index in [-0.39, 0.29) is 11.2 Å². The lowest BCUT2D eigenvalue weighted by molar-refractivity contribution is 0.0723. The van der Waals surface area contributed by atoms with Crippen molar-refractivity contribution in [1.82, 2.24) is 4.65 Å². The van der Waals surface area contributed by atoms with E-state index in [1.165, 1.54) is 6.42 Å². The van der Waals surface area contributed by atoms with E-state index in [9.17, 15) is 0 Å². The van der Waals surface area contributed by atoms with Gasteiger partial charge in [0.25, 0.3) is 0 Å². The summed E-state index contributed by atoms with van der Waals surface area (Å²) in [6.45, 7) is 16.3. The maximum Gasteiger partial charge on any atom is 0.404 e. The Kier molecular flexibility index (Phi) is 12.3. The van der Waals surface area contributed by atoms with E-state index in [1.807, 2.05) is 41.5 Å². The first-order chi connectivity index (χ1) is 8.99. The van der Waals surface area contributed by atoms with Crippen molar-refractivity contribution in [2.45, 2.75) is 73.0 Å². The summed E-state index contributed by atoms with van der Waals surface area (Å²) in [5.74, 6) is 0. The molecule has 0 aromatic heterocycles. The Bertz CT molecular complexity index is 207. The van der Waals surface area contributed by atoms with E-state index in [1.54, 1.807) is 14.2 Å². The molecule has 7 heteroatoms. The number of hydrogen-bond donors (Lipinski definition) is 1. The summed E-state index contributed by atoms with van der Waals surface area (Å²) in [4.78, 5) is 0. The van der Waals surface area contributed by atoms with Gasteiger partial charge in [-0.1, -0.05) is 20.3 Å². The summed E-state index contributed by atoms with van der Waals surface area (Å²) >= 11 is 0. The minimum Gasteiger partial charge on any atom is -0.389 e. The second-order valence-electron chi connectivity index (χ2n) is 6.47. The Hall–Kier alpha value is 0.234. The van der Waals surface area contributed by atoms with Crippen LogP contribution in [-0.4, -0.2) is 44.3 Å². The highest BCUT2D eigenvalue weighted by Crippen LogP contribution is 2.11. The Morgan fingerprint density at radius 2 is 1.00 bits per heavy atom. The van der Waals surface area contributed by atoms with Crippen LogP contribution >= 0.6 is 0 Å². The molecule has 0 rings (SSSR count). The van der Waals surface area contributed by atoms with Crippen LogP contribution in [0, 0.1) is 0 Å². The van der Waals surface area contributed by atoms with E-state index >= 15 is 0 Å². The van der Waals surface area contributed by atoms with Crippen molar-refractivity contribution in [2.24, 2.45) is 0 Å². The summed E-state index contributed by atoms with van der Waals surface area (Å²) in [6, 6.07) is 0. The van der Waals surface area contributed by atoms with Gasteiger partial charge >= 0.3 is 18.9 Å². The fourth-order valence-corrected chi connectivity index (χ4v) is 5.05. The lowest BCUT2D eigenvalue weighted by atomic mass is 10.2. The lowest BCUT2D eigenvalue weighted by Gasteiger charge is -2.30. The van der Waals surface area contributed by atoms with Crippen molar-refractivity contribution in [3.05, 3.63) is 0 Å². The zero-order chi connectivity index (χ0) is 16.4. The van der Waals surface area contributed by atoms with Gasteiger partial charge in [0.1, 0.15) is 0 Å². The standard InChI is InChI=1S/C10H27NO4Si2.C3H8/c1-9(2,3)14-16(12-7)11-17(13-8)15-10(4,5)6;1-3-2/h11,16-17H,1-8H3;3H2,1-2H3. The van der Waals surface area contributed by atoms with Crippen molar-refractivity contribution in [2.75, 3.05) is 14.2 Å². The predicted octanol–water partition coefficient (Wildman–Crippen LogP) is 2.35. The van der Waals surface area contributed by atoms with Crippen LogP contribution in [0.15, 0.2) is 0 Å². The summed E-state index contributed by atoms with van der Waals surface area (Å²) in [6.07, 6.45) is 1.25. The van der Waals surface area contributed by atoms with Crippen LogP contribution in [-0.2, 0) is 17.7 Å². The quantitative estimate of drug-likeness (QED) is 0.760. The summed E-state index contributed by atoms with van der Waals surface area (Å²) < 4.78 is 25.6. The minimum atomic E-state index is -1.94. The Morgan fingerprint density at radius 1 is 0.750 bits per heavy atom. The van der Waals surface area contributed by atoms with Gasteiger partial charge < -0.3 is 17.7 Å². The van der Waals surface area contributed by atoms with Gasteiger partial charge in [-0.15, -0.1) is 0 Å². The smallest absolute Gasteiger partial charge is 0.389 e. The van der Waals surface area contributed by atoms with Crippen LogP contribution in [0.4, 0.5) is 0 Å². The molecule has 0 aromatic carbocycles. The summed E-state index contributed by atoms with van der Waals surface area (Å²) in [5.41, 5.74) is -0.456. The first kappa shape index (κ1) is 22.5. The van der Waals surface area contributed by atoms with Crippen molar-refractivity contribution in [1.29, 1.82) is 0 Å². The first-order valence-corrected chi connectivity index (χ1v) is 10.2. The van der Waals surface area contributed by atoms with Crippen LogP contribution in [0.25, 0.3) is 0 Å². The van der Waals surface area contributed by atoms with E-state index < -0.39 is 18.9 Å². The fraction of sp³-hybridized carbons (Fsp3) is 1.00. The molecule has 5 nitrogen and oxygen atoms in total. The molecule has 0 aromatic rings. The molecule has 124 valence electrons. The van der Waals surface area contributed by atoms with Gasteiger partial charge in [0.05, 0.1) is 11.2 Å². The summed E-state index contributed by atoms with van der Waals surface area (Å²) in [5, 5.41) is 0. The maximum atomic E-state index is 5.81. The van der Waals surface area contributed by atoms with Gasteiger partial charge in [-0.2, -0.15) is 0 Å². The molecule has 0 saturated heterocycles. The molecule has 0 bridgehead atoms. The van der Waals surface area contributed by atoms with Gasteiger partial charge in [-0.25, -0.2) is 0 Å². The molecule has 0 fully saturated rings. The minimum absolute atomic E-state index is 0.228. The zero-order valence-electron chi connectivity index (χ0n) is 15.0. The molecule has 0 spiro atoms. The Labute approximate surface area is 129 Å². The van der Waals surface area contributed by atoms with Crippen molar-refractivity contribution in [3.8, 4) is 0 Å². The highest BCUT2D eigenvalue weighted by Gasteiger charge is 2.28. The molecule has 2 atom stereocenters. The normalized spacial score (nSPS) is 15.3. The van der Waals surface area contributed by atoms with Crippen LogP contribution in [0.5, 0.6) is 0 Å². The highest BCUT2D eigenvalue weighted by atomic mass is 28.4. The predicted molar refractivity (Wildman–Crippen MR) is 89.1 cm³/mol. The van der Waals surface area contributed by atoms with Crippen LogP contribution < -0.4 is 4.65 Å². The molecule has 0 aliphatic carbocycles. The van der Waals surface area contributed by atoms with Gasteiger partial charge in [-0.05, 0) is 41.5 Å². The molecule has 0 radical (unpaired) electrons. The van der Waals surface area contributed by atoms with Gasteiger partial charge in [0.15, 0.2) is 0 Å². The molecule has 0 aliphatic rings. The highest BCUT2D eigenvalue weighted by molar-refractivity contribution is 6.59. The number of rotatable bonds is 6. The lowest BCUT2D eigenvalue weighted by Crippen LogP contribution is -2.55. The van der Waals surface area contributed by atoms with Gasteiger partial charge in [0.2, 0.25) is 0 Å². The van der Waals surface area contributed by atoms with Crippen molar-refractivity contribution >= 4 is 18.9 Å². The topological polar surface area (TPSA) is 49.0 Å².